The molecular formula is C24H40IN5O. The Balaban J connectivity index is 0.00000272. The normalized spacial score (nSPS) is 25.9. The lowest BCUT2D eigenvalue weighted by molar-refractivity contribution is -0.0502. The van der Waals surface area contributed by atoms with Crippen molar-refractivity contribution in [2.45, 2.75) is 44.9 Å². The van der Waals surface area contributed by atoms with Gasteiger partial charge in [-0.3, -0.25) is 9.89 Å². The molecule has 2 unspecified atom stereocenters. The SMILES string of the molecule is CCNC(=NCCC1CCN(C)CC1)N1CC2OCCN(Cc3ccccc3)C2C1.I. The highest BCUT2D eigenvalue weighted by Gasteiger charge is 2.41. The number of guanidine groups is 1. The lowest BCUT2D eigenvalue weighted by Crippen LogP contribution is -2.50. The third kappa shape index (κ3) is 6.79. The van der Waals surface area contributed by atoms with E-state index in [0.29, 0.717) is 6.04 Å². The number of benzene rings is 1. The Labute approximate surface area is 205 Å². The van der Waals surface area contributed by atoms with Crippen molar-refractivity contribution in [1.29, 1.82) is 0 Å². The van der Waals surface area contributed by atoms with Gasteiger partial charge in [0.25, 0.3) is 0 Å². The van der Waals surface area contributed by atoms with Gasteiger partial charge >= 0.3 is 0 Å². The molecule has 0 spiro atoms. The number of hydrogen-bond acceptors (Lipinski definition) is 4. The molecule has 7 heteroatoms. The maximum Gasteiger partial charge on any atom is 0.194 e. The van der Waals surface area contributed by atoms with Gasteiger partial charge in [0.15, 0.2) is 5.96 Å². The summed E-state index contributed by atoms with van der Waals surface area (Å²) in [5.41, 5.74) is 1.38. The minimum atomic E-state index is 0. The summed E-state index contributed by atoms with van der Waals surface area (Å²) in [6.07, 6.45) is 4.12. The van der Waals surface area contributed by atoms with Crippen LogP contribution in [0.4, 0.5) is 0 Å². The van der Waals surface area contributed by atoms with Gasteiger partial charge in [0.2, 0.25) is 0 Å². The monoisotopic (exact) mass is 541 g/mol. The van der Waals surface area contributed by atoms with Crippen molar-refractivity contribution in [3.8, 4) is 0 Å². The minimum absolute atomic E-state index is 0. The molecule has 2 atom stereocenters. The topological polar surface area (TPSA) is 43.3 Å². The molecule has 3 fully saturated rings. The van der Waals surface area contributed by atoms with Crippen molar-refractivity contribution < 1.29 is 4.74 Å². The first-order valence-electron chi connectivity index (χ1n) is 11.8. The smallest absolute Gasteiger partial charge is 0.194 e. The van der Waals surface area contributed by atoms with E-state index in [9.17, 15) is 0 Å². The first-order valence-corrected chi connectivity index (χ1v) is 11.8. The highest BCUT2D eigenvalue weighted by Crippen LogP contribution is 2.25. The molecule has 3 aliphatic rings. The van der Waals surface area contributed by atoms with E-state index in [4.69, 9.17) is 9.73 Å². The molecule has 1 aromatic rings. The molecule has 0 aromatic heterocycles. The fourth-order valence-corrected chi connectivity index (χ4v) is 5.08. The lowest BCUT2D eigenvalue weighted by atomic mass is 9.94. The average molecular weight is 542 g/mol. The molecule has 3 saturated heterocycles. The largest absolute Gasteiger partial charge is 0.373 e. The molecule has 31 heavy (non-hydrogen) atoms. The highest BCUT2D eigenvalue weighted by molar-refractivity contribution is 14.0. The van der Waals surface area contributed by atoms with Gasteiger partial charge in [0.05, 0.1) is 18.8 Å². The summed E-state index contributed by atoms with van der Waals surface area (Å²) in [6.45, 7) is 11.2. The van der Waals surface area contributed by atoms with Gasteiger partial charge in [0.1, 0.15) is 0 Å². The second-order valence-corrected chi connectivity index (χ2v) is 9.11. The number of piperidine rings is 1. The zero-order valence-corrected chi connectivity index (χ0v) is 21.5. The lowest BCUT2D eigenvalue weighted by Gasteiger charge is -2.36. The fraction of sp³-hybridized carbons (Fsp3) is 0.708. The Morgan fingerprint density at radius 3 is 2.65 bits per heavy atom. The Kier molecular flexibility index (Phi) is 9.87. The number of morpholine rings is 1. The number of aliphatic imine (C=N–C) groups is 1. The summed E-state index contributed by atoms with van der Waals surface area (Å²) in [7, 11) is 2.23. The van der Waals surface area contributed by atoms with Crippen molar-refractivity contribution in [1.82, 2.24) is 20.0 Å². The van der Waals surface area contributed by atoms with Crippen LogP contribution in [0.5, 0.6) is 0 Å². The van der Waals surface area contributed by atoms with E-state index in [1.165, 1.54) is 37.9 Å². The second kappa shape index (κ2) is 12.4. The zero-order chi connectivity index (χ0) is 20.8. The number of fused-ring (bicyclic) bond motifs is 1. The number of rotatable bonds is 6. The number of halogens is 1. The maximum atomic E-state index is 6.17. The predicted molar refractivity (Wildman–Crippen MR) is 138 cm³/mol. The van der Waals surface area contributed by atoms with Crippen LogP contribution in [0.2, 0.25) is 0 Å². The summed E-state index contributed by atoms with van der Waals surface area (Å²) in [6, 6.07) is 11.3. The summed E-state index contributed by atoms with van der Waals surface area (Å²) in [5.74, 6) is 1.90. The third-order valence-corrected chi connectivity index (χ3v) is 6.92. The number of hydrogen-bond donors (Lipinski definition) is 1. The molecule has 1 N–H and O–H groups in total. The van der Waals surface area contributed by atoms with Crippen LogP contribution in [0.3, 0.4) is 0 Å². The van der Waals surface area contributed by atoms with Gasteiger partial charge in [-0.2, -0.15) is 0 Å². The standard InChI is InChI=1S/C24H39N5O.HI/c1-3-25-24(26-12-9-20-10-13-27(2)14-11-20)29-18-22-23(19-29)30-16-15-28(22)17-21-7-5-4-6-8-21;/h4-8,20,22-23H,3,9-19H2,1-2H3,(H,25,26);1H. The van der Waals surface area contributed by atoms with Gasteiger partial charge in [-0.15, -0.1) is 24.0 Å². The summed E-state index contributed by atoms with van der Waals surface area (Å²) in [4.78, 5) is 12.5. The number of likely N-dealkylation sites (tertiary alicyclic amines) is 2. The van der Waals surface area contributed by atoms with E-state index in [1.54, 1.807) is 0 Å². The molecular weight excluding hydrogens is 501 g/mol. The van der Waals surface area contributed by atoms with Crippen LogP contribution in [-0.2, 0) is 11.3 Å². The van der Waals surface area contributed by atoms with E-state index in [-0.39, 0.29) is 30.1 Å². The molecule has 0 saturated carbocycles. The maximum absolute atomic E-state index is 6.17. The van der Waals surface area contributed by atoms with Crippen LogP contribution < -0.4 is 5.32 Å². The average Bonchev–Trinajstić information content (AvgIpc) is 3.21. The Hall–Kier alpha value is -0.900. The van der Waals surface area contributed by atoms with Crippen molar-refractivity contribution in [3.63, 3.8) is 0 Å². The van der Waals surface area contributed by atoms with E-state index < -0.39 is 0 Å². The number of ether oxygens (including phenoxy) is 1. The van der Waals surface area contributed by atoms with Crippen molar-refractivity contribution >= 4 is 29.9 Å². The van der Waals surface area contributed by atoms with E-state index >= 15 is 0 Å². The summed E-state index contributed by atoms with van der Waals surface area (Å²) >= 11 is 0. The summed E-state index contributed by atoms with van der Waals surface area (Å²) in [5, 5.41) is 3.54. The van der Waals surface area contributed by atoms with E-state index in [1.807, 2.05) is 0 Å². The quantitative estimate of drug-likeness (QED) is 0.341. The third-order valence-electron chi connectivity index (χ3n) is 6.92. The molecule has 3 heterocycles. The van der Waals surface area contributed by atoms with Crippen LogP contribution in [0.15, 0.2) is 35.3 Å². The van der Waals surface area contributed by atoms with Crippen molar-refractivity contribution in [2.75, 3.05) is 59.5 Å². The highest BCUT2D eigenvalue weighted by atomic mass is 127. The second-order valence-electron chi connectivity index (χ2n) is 9.11. The van der Waals surface area contributed by atoms with Gasteiger partial charge in [0, 0.05) is 39.3 Å². The molecule has 0 aliphatic carbocycles. The fourth-order valence-electron chi connectivity index (χ4n) is 5.08. The van der Waals surface area contributed by atoms with Crippen LogP contribution in [0.1, 0.15) is 31.7 Å². The zero-order valence-electron chi connectivity index (χ0n) is 19.2. The van der Waals surface area contributed by atoms with Gasteiger partial charge in [-0.05, 0) is 57.8 Å². The molecule has 174 valence electrons. The molecule has 6 nitrogen and oxygen atoms in total. The minimum Gasteiger partial charge on any atom is -0.373 e. The van der Waals surface area contributed by atoms with Crippen LogP contribution in [0, 0.1) is 5.92 Å². The van der Waals surface area contributed by atoms with Gasteiger partial charge < -0.3 is 19.9 Å². The predicted octanol–water partition coefficient (Wildman–Crippen LogP) is 2.89. The van der Waals surface area contributed by atoms with Crippen LogP contribution in [-0.4, -0.2) is 92.3 Å². The number of nitrogens with one attached hydrogen (secondary N) is 1. The Bertz CT molecular complexity index is 680. The van der Waals surface area contributed by atoms with Gasteiger partial charge in [-0.1, -0.05) is 30.3 Å². The number of nitrogens with zero attached hydrogens (tertiary/aromatic N) is 4. The molecule has 4 rings (SSSR count). The first-order chi connectivity index (χ1) is 14.7. The first kappa shape index (κ1) is 24.7. The van der Waals surface area contributed by atoms with Crippen molar-refractivity contribution in [2.24, 2.45) is 10.9 Å². The van der Waals surface area contributed by atoms with Crippen LogP contribution in [0.25, 0.3) is 0 Å². The van der Waals surface area contributed by atoms with Crippen LogP contribution >= 0.6 is 24.0 Å². The van der Waals surface area contributed by atoms with Crippen molar-refractivity contribution in [3.05, 3.63) is 35.9 Å². The molecule has 0 bridgehead atoms. The Morgan fingerprint density at radius 1 is 1.13 bits per heavy atom. The molecule has 3 aliphatic heterocycles. The van der Waals surface area contributed by atoms with Gasteiger partial charge in [-0.25, -0.2) is 0 Å². The molecule has 1 aromatic carbocycles. The molecule has 0 amide bonds. The molecule has 0 radical (unpaired) electrons. The van der Waals surface area contributed by atoms with E-state index in [0.717, 1.165) is 57.8 Å². The van der Waals surface area contributed by atoms with E-state index in [2.05, 4.69) is 64.3 Å². The Morgan fingerprint density at radius 2 is 1.90 bits per heavy atom. The summed E-state index contributed by atoms with van der Waals surface area (Å²) < 4.78 is 6.17.